The van der Waals surface area contributed by atoms with Gasteiger partial charge in [0.25, 0.3) is 0 Å². The standard InChI is InChI=1S/C13H11Br2FS/c1-8-6-12(17-13(8)15)10(14)7-9-4-2-3-5-11(9)16/h2-6,10H,7H2,1H3. The summed E-state index contributed by atoms with van der Waals surface area (Å²) < 4.78 is 14.7. The molecule has 0 fully saturated rings. The van der Waals surface area contributed by atoms with Gasteiger partial charge in [-0.05, 0) is 52.5 Å². The van der Waals surface area contributed by atoms with Gasteiger partial charge in [-0.2, -0.15) is 0 Å². The lowest BCUT2D eigenvalue weighted by atomic mass is 10.1. The van der Waals surface area contributed by atoms with Crippen LogP contribution in [0.5, 0.6) is 0 Å². The van der Waals surface area contributed by atoms with Gasteiger partial charge in [-0.25, -0.2) is 4.39 Å². The molecular weight excluding hydrogens is 367 g/mol. The average Bonchev–Trinajstić information content (AvgIpc) is 2.63. The van der Waals surface area contributed by atoms with E-state index in [1.807, 2.05) is 12.1 Å². The van der Waals surface area contributed by atoms with Crippen LogP contribution in [-0.4, -0.2) is 0 Å². The normalized spacial score (nSPS) is 12.7. The number of alkyl halides is 1. The van der Waals surface area contributed by atoms with E-state index in [1.54, 1.807) is 17.4 Å². The van der Waals surface area contributed by atoms with Crippen molar-refractivity contribution in [2.45, 2.75) is 18.2 Å². The second kappa shape index (κ2) is 5.63. The Morgan fingerprint density at radius 2 is 2.06 bits per heavy atom. The highest BCUT2D eigenvalue weighted by Gasteiger charge is 2.14. The van der Waals surface area contributed by atoms with Gasteiger partial charge in [0.05, 0.1) is 8.61 Å². The summed E-state index contributed by atoms with van der Waals surface area (Å²) in [5, 5.41) is 0. The first-order chi connectivity index (χ1) is 8.08. The van der Waals surface area contributed by atoms with Crippen molar-refractivity contribution in [2.75, 3.05) is 0 Å². The van der Waals surface area contributed by atoms with Crippen LogP contribution >= 0.6 is 43.2 Å². The van der Waals surface area contributed by atoms with Gasteiger partial charge in [-0.15, -0.1) is 11.3 Å². The summed E-state index contributed by atoms with van der Waals surface area (Å²) in [5.41, 5.74) is 1.97. The molecule has 0 spiro atoms. The molecule has 0 radical (unpaired) electrons. The number of thiophene rings is 1. The third-order valence-electron chi connectivity index (χ3n) is 2.54. The first kappa shape index (κ1) is 13.2. The van der Waals surface area contributed by atoms with E-state index in [0.717, 1.165) is 9.35 Å². The minimum Gasteiger partial charge on any atom is -0.207 e. The molecule has 1 aromatic heterocycles. The van der Waals surface area contributed by atoms with E-state index < -0.39 is 0 Å². The molecular formula is C13H11Br2FS. The van der Waals surface area contributed by atoms with Gasteiger partial charge < -0.3 is 0 Å². The molecule has 4 heteroatoms. The maximum Gasteiger partial charge on any atom is 0.126 e. The molecule has 1 atom stereocenters. The molecule has 2 aromatic rings. The van der Waals surface area contributed by atoms with Crippen LogP contribution in [0.1, 0.15) is 20.8 Å². The summed E-state index contributed by atoms with van der Waals surface area (Å²) in [6.07, 6.45) is 0.666. The Morgan fingerprint density at radius 1 is 1.35 bits per heavy atom. The molecule has 1 heterocycles. The number of rotatable bonds is 3. The van der Waals surface area contributed by atoms with Gasteiger partial charge in [0.1, 0.15) is 5.82 Å². The summed E-state index contributed by atoms with van der Waals surface area (Å²) in [4.78, 5) is 1.38. The molecule has 0 aliphatic carbocycles. The first-order valence-corrected chi connectivity index (χ1v) is 7.73. The minimum absolute atomic E-state index is 0.135. The van der Waals surface area contributed by atoms with Crippen molar-refractivity contribution in [3.63, 3.8) is 0 Å². The second-order valence-corrected chi connectivity index (χ2v) is 7.38. The first-order valence-electron chi connectivity index (χ1n) is 5.21. The van der Waals surface area contributed by atoms with E-state index in [0.29, 0.717) is 6.42 Å². The molecule has 1 aromatic carbocycles. The Bertz CT molecular complexity index is 502. The number of hydrogen-bond acceptors (Lipinski definition) is 1. The maximum atomic E-state index is 13.5. The van der Waals surface area contributed by atoms with E-state index in [2.05, 4.69) is 44.8 Å². The van der Waals surface area contributed by atoms with Gasteiger partial charge in [0.2, 0.25) is 0 Å². The van der Waals surface area contributed by atoms with Crippen LogP contribution in [0.4, 0.5) is 4.39 Å². The van der Waals surface area contributed by atoms with Gasteiger partial charge in [0.15, 0.2) is 0 Å². The SMILES string of the molecule is Cc1cc(C(Br)Cc2ccccc2F)sc1Br. The Balaban J connectivity index is 2.17. The van der Waals surface area contributed by atoms with Crippen molar-refractivity contribution in [1.29, 1.82) is 0 Å². The highest BCUT2D eigenvalue weighted by Crippen LogP contribution is 2.37. The van der Waals surface area contributed by atoms with Crippen LogP contribution in [-0.2, 0) is 6.42 Å². The summed E-state index contributed by atoms with van der Waals surface area (Å²) in [6.45, 7) is 2.06. The van der Waals surface area contributed by atoms with E-state index in [4.69, 9.17) is 0 Å². The molecule has 0 saturated carbocycles. The second-order valence-electron chi connectivity index (χ2n) is 3.87. The summed E-state index contributed by atoms with van der Waals surface area (Å²) in [6, 6.07) is 9.06. The Hall–Kier alpha value is -0.190. The topological polar surface area (TPSA) is 0 Å². The lowest BCUT2D eigenvalue weighted by molar-refractivity contribution is 0.608. The van der Waals surface area contributed by atoms with E-state index in [9.17, 15) is 4.39 Å². The highest BCUT2D eigenvalue weighted by molar-refractivity contribution is 9.11. The van der Waals surface area contributed by atoms with E-state index >= 15 is 0 Å². The largest absolute Gasteiger partial charge is 0.207 e. The Morgan fingerprint density at radius 3 is 2.65 bits per heavy atom. The van der Waals surface area contributed by atoms with Crippen molar-refractivity contribution in [1.82, 2.24) is 0 Å². The van der Waals surface area contributed by atoms with E-state index in [-0.39, 0.29) is 10.6 Å². The Labute approximate surface area is 121 Å². The molecule has 1 unspecified atom stereocenters. The summed E-state index contributed by atoms with van der Waals surface area (Å²) >= 11 is 8.83. The quantitative estimate of drug-likeness (QED) is 0.607. The number of hydrogen-bond donors (Lipinski definition) is 0. The van der Waals surface area contributed by atoms with Crippen LogP contribution < -0.4 is 0 Å². The molecule has 2 rings (SSSR count). The van der Waals surface area contributed by atoms with Crippen molar-refractivity contribution in [3.05, 3.63) is 55.9 Å². The van der Waals surface area contributed by atoms with Gasteiger partial charge in [-0.1, -0.05) is 34.1 Å². The fourth-order valence-electron chi connectivity index (χ4n) is 1.60. The van der Waals surface area contributed by atoms with Gasteiger partial charge in [-0.3, -0.25) is 0 Å². The van der Waals surface area contributed by atoms with Gasteiger partial charge >= 0.3 is 0 Å². The van der Waals surface area contributed by atoms with Crippen LogP contribution in [0, 0.1) is 12.7 Å². The highest BCUT2D eigenvalue weighted by atomic mass is 79.9. The van der Waals surface area contributed by atoms with Gasteiger partial charge in [0, 0.05) is 4.88 Å². The number of halogens is 3. The maximum absolute atomic E-state index is 13.5. The monoisotopic (exact) mass is 376 g/mol. The molecule has 0 bridgehead atoms. The lowest BCUT2D eigenvalue weighted by Crippen LogP contribution is -1.95. The third-order valence-corrected chi connectivity index (χ3v) is 5.91. The van der Waals surface area contributed by atoms with Crippen LogP contribution in [0.15, 0.2) is 34.1 Å². The van der Waals surface area contributed by atoms with Crippen molar-refractivity contribution in [3.8, 4) is 0 Å². The fraction of sp³-hybridized carbons (Fsp3) is 0.231. The predicted molar refractivity (Wildman–Crippen MR) is 78.5 cm³/mol. The summed E-state index contributed by atoms with van der Waals surface area (Å²) in [7, 11) is 0. The minimum atomic E-state index is -0.135. The smallest absolute Gasteiger partial charge is 0.126 e. The molecule has 0 aliphatic heterocycles. The number of aryl methyl sites for hydroxylation is 1. The van der Waals surface area contributed by atoms with Crippen LogP contribution in [0.2, 0.25) is 0 Å². The molecule has 0 amide bonds. The zero-order valence-electron chi connectivity index (χ0n) is 9.21. The molecule has 0 saturated heterocycles. The molecule has 90 valence electrons. The molecule has 0 nitrogen and oxygen atoms in total. The fourth-order valence-corrected chi connectivity index (χ4v) is 3.91. The zero-order chi connectivity index (χ0) is 12.4. The molecule has 0 aliphatic rings. The number of benzene rings is 1. The average molecular weight is 378 g/mol. The van der Waals surface area contributed by atoms with Crippen LogP contribution in [0.25, 0.3) is 0 Å². The third kappa shape index (κ3) is 3.18. The van der Waals surface area contributed by atoms with Crippen molar-refractivity contribution < 1.29 is 4.39 Å². The Kier molecular flexibility index (Phi) is 4.39. The van der Waals surface area contributed by atoms with Crippen molar-refractivity contribution in [2.24, 2.45) is 0 Å². The van der Waals surface area contributed by atoms with Crippen molar-refractivity contribution >= 4 is 43.2 Å². The van der Waals surface area contributed by atoms with E-state index in [1.165, 1.54) is 16.5 Å². The lowest BCUT2D eigenvalue weighted by Gasteiger charge is -2.08. The summed E-state index contributed by atoms with van der Waals surface area (Å²) in [5.74, 6) is -0.135. The molecule has 0 N–H and O–H groups in total. The zero-order valence-corrected chi connectivity index (χ0v) is 13.2. The van der Waals surface area contributed by atoms with Crippen LogP contribution in [0.3, 0.4) is 0 Å². The predicted octanol–water partition coefficient (Wildman–Crippen LogP) is 5.64. The molecule has 17 heavy (non-hydrogen) atoms.